The first-order valence-electron chi connectivity index (χ1n) is 8.50. The predicted octanol–water partition coefficient (Wildman–Crippen LogP) is 2.35. The Kier molecular flexibility index (Phi) is 6.73. The second-order valence-electron chi connectivity index (χ2n) is 6.65. The van der Waals surface area contributed by atoms with Crippen LogP contribution in [0.1, 0.15) is 29.8 Å². The average molecular weight is 368 g/mol. The highest BCUT2D eigenvalue weighted by atomic mass is 16.5. The van der Waals surface area contributed by atoms with Crippen molar-refractivity contribution in [2.75, 3.05) is 13.7 Å². The van der Waals surface area contributed by atoms with E-state index in [0.717, 1.165) is 5.56 Å². The van der Waals surface area contributed by atoms with Gasteiger partial charge in [0.05, 0.1) is 19.3 Å². The fraction of sp³-hybridized carbons (Fsp3) is 0.238. The average Bonchev–Trinajstić information content (AvgIpc) is 2.68. The molecule has 0 saturated heterocycles. The van der Waals surface area contributed by atoms with Crippen LogP contribution in [0.2, 0.25) is 0 Å². The molecule has 0 heterocycles. The van der Waals surface area contributed by atoms with E-state index < -0.39 is 17.4 Å². The molecule has 6 nitrogen and oxygen atoms in total. The Morgan fingerprint density at radius 3 is 2.26 bits per heavy atom. The lowest BCUT2D eigenvalue weighted by molar-refractivity contribution is -0.119. The molecule has 142 valence electrons. The predicted molar refractivity (Wildman–Crippen MR) is 104 cm³/mol. The van der Waals surface area contributed by atoms with Gasteiger partial charge in [-0.3, -0.25) is 9.59 Å². The standard InChI is InChI=1S/C21H24N2O4/c1-21(2,14-24)23-20(26)18(13-15-9-11-17(27-3)12-10-15)22-19(25)16-7-5-4-6-8-16/h4-13,24H,14H2,1-3H3,(H,22,25)(H,23,26)/b18-13+. The van der Waals surface area contributed by atoms with E-state index >= 15 is 0 Å². The summed E-state index contributed by atoms with van der Waals surface area (Å²) in [5, 5.41) is 14.8. The number of aliphatic hydroxyl groups excluding tert-OH is 1. The maximum Gasteiger partial charge on any atom is 0.268 e. The van der Waals surface area contributed by atoms with Crippen LogP contribution in [0.25, 0.3) is 6.08 Å². The monoisotopic (exact) mass is 368 g/mol. The molecule has 2 aromatic carbocycles. The smallest absolute Gasteiger partial charge is 0.268 e. The third kappa shape index (κ3) is 5.97. The molecule has 0 spiro atoms. The SMILES string of the molecule is COc1ccc(/C=C(/NC(=O)c2ccccc2)C(=O)NC(C)(C)CO)cc1. The quantitative estimate of drug-likeness (QED) is 0.655. The Bertz CT molecular complexity index is 812. The first-order chi connectivity index (χ1) is 12.8. The molecule has 0 aliphatic heterocycles. The number of rotatable bonds is 7. The molecule has 0 aromatic heterocycles. The highest BCUT2D eigenvalue weighted by molar-refractivity contribution is 6.05. The zero-order chi connectivity index (χ0) is 19.9. The van der Waals surface area contributed by atoms with Crippen LogP contribution in [-0.2, 0) is 4.79 Å². The van der Waals surface area contributed by atoms with Crippen LogP contribution in [0, 0.1) is 0 Å². The lowest BCUT2D eigenvalue weighted by Gasteiger charge is -2.24. The summed E-state index contributed by atoms with van der Waals surface area (Å²) in [6, 6.07) is 15.7. The van der Waals surface area contributed by atoms with Crippen molar-refractivity contribution in [3.63, 3.8) is 0 Å². The van der Waals surface area contributed by atoms with Crippen LogP contribution < -0.4 is 15.4 Å². The third-order valence-electron chi connectivity index (χ3n) is 3.80. The number of aliphatic hydroxyl groups is 1. The molecule has 0 radical (unpaired) electrons. The molecular formula is C21H24N2O4. The molecule has 0 unspecified atom stereocenters. The lowest BCUT2D eigenvalue weighted by Crippen LogP contribution is -2.48. The molecule has 6 heteroatoms. The molecule has 2 aromatic rings. The van der Waals surface area contributed by atoms with Crippen molar-refractivity contribution in [2.45, 2.75) is 19.4 Å². The van der Waals surface area contributed by atoms with Gasteiger partial charge >= 0.3 is 0 Å². The number of carbonyl (C=O) groups is 2. The third-order valence-corrected chi connectivity index (χ3v) is 3.80. The fourth-order valence-corrected chi connectivity index (χ4v) is 2.22. The summed E-state index contributed by atoms with van der Waals surface area (Å²) in [4.78, 5) is 25.2. The zero-order valence-electron chi connectivity index (χ0n) is 15.7. The molecule has 2 amide bonds. The Morgan fingerprint density at radius 1 is 1.07 bits per heavy atom. The highest BCUT2D eigenvalue weighted by Gasteiger charge is 2.22. The molecule has 3 N–H and O–H groups in total. The van der Waals surface area contributed by atoms with Crippen LogP contribution in [0.5, 0.6) is 5.75 Å². The van der Waals surface area contributed by atoms with Gasteiger partial charge in [-0.15, -0.1) is 0 Å². The number of hydrogen-bond acceptors (Lipinski definition) is 4. The van der Waals surface area contributed by atoms with E-state index in [4.69, 9.17) is 4.74 Å². The molecule has 27 heavy (non-hydrogen) atoms. The van der Waals surface area contributed by atoms with Crippen LogP contribution in [-0.4, -0.2) is 36.2 Å². The van der Waals surface area contributed by atoms with Gasteiger partial charge in [0, 0.05) is 5.56 Å². The maximum absolute atomic E-state index is 12.7. The van der Waals surface area contributed by atoms with E-state index in [-0.39, 0.29) is 12.3 Å². The van der Waals surface area contributed by atoms with Gasteiger partial charge in [0.15, 0.2) is 0 Å². The van der Waals surface area contributed by atoms with Gasteiger partial charge < -0.3 is 20.5 Å². The van der Waals surface area contributed by atoms with Gasteiger partial charge in [-0.2, -0.15) is 0 Å². The zero-order valence-corrected chi connectivity index (χ0v) is 15.7. The number of methoxy groups -OCH3 is 1. The van der Waals surface area contributed by atoms with E-state index in [2.05, 4.69) is 10.6 Å². The Morgan fingerprint density at radius 2 is 1.70 bits per heavy atom. The summed E-state index contributed by atoms with van der Waals surface area (Å²) in [5.74, 6) is -0.200. The molecule has 0 bridgehead atoms. The van der Waals surface area contributed by atoms with Gasteiger partial charge in [0.1, 0.15) is 11.4 Å². The van der Waals surface area contributed by atoms with E-state index in [0.29, 0.717) is 11.3 Å². The molecule has 2 rings (SSSR count). The minimum absolute atomic E-state index is 0.0792. The van der Waals surface area contributed by atoms with Gasteiger partial charge in [0.2, 0.25) is 0 Å². The summed E-state index contributed by atoms with van der Waals surface area (Å²) >= 11 is 0. The molecule has 0 atom stereocenters. The Hall–Kier alpha value is -3.12. The fourth-order valence-electron chi connectivity index (χ4n) is 2.22. The minimum Gasteiger partial charge on any atom is -0.497 e. The summed E-state index contributed by atoms with van der Waals surface area (Å²) < 4.78 is 5.13. The number of hydrogen-bond donors (Lipinski definition) is 3. The number of ether oxygens (including phenoxy) is 1. The molecule has 0 aliphatic rings. The summed E-state index contributed by atoms with van der Waals surface area (Å²) in [7, 11) is 1.57. The second-order valence-corrected chi connectivity index (χ2v) is 6.65. The van der Waals surface area contributed by atoms with E-state index in [1.165, 1.54) is 0 Å². The van der Waals surface area contributed by atoms with Crippen molar-refractivity contribution in [3.8, 4) is 5.75 Å². The Balaban J connectivity index is 2.30. The van der Waals surface area contributed by atoms with Crippen molar-refractivity contribution in [3.05, 3.63) is 71.4 Å². The Labute approximate surface area is 158 Å². The number of benzene rings is 2. The maximum atomic E-state index is 12.7. The van der Waals surface area contributed by atoms with Crippen molar-refractivity contribution < 1.29 is 19.4 Å². The topological polar surface area (TPSA) is 87.7 Å². The second kappa shape index (κ2) is 9.00. The largest absolute Gasteiger partial charge is 0.497 e. The first-order valence-corrected chi connectivity index (χ1v) is 8.50. The van der Waals surface area contributed by atoms with Crippen molar-refractivity contribution in [2.24, 2.45) is 0 Å². The van der Waals surface area contributed by atoms with E-state index in [9.17, 15) is 14.7 Å². The molecule has 0 aliphatic carbocycles. The van der Waals surface area contributed by atoms with Crippen molar-refractivity contribution in [1.82, 2.24) is 10.6 Å². The minimum atomic E-state index is -0.826. The molecule has 0 fully saturated rings. The van der Waals surface area contributed by atoms with Crippen molar-refractivity contribution >= 4 is 17.9 Å². The van der Waals surface area contributed by atoms with Gasteiger partial charge in [0.25, 0.3) is 11.8 Å². The summed E-state index contributed by atoms with van der Waals surface area (Å²) in [5.41, 5.74) is 0.409. The number of carbonyl (C=O) groups excluding carboxylic acids is 2. The number of nitrogens with one attached hydrogen (secondary N) is 2. The summed E-state index contributed by atoms with van der Waals surface area (Å²) in [6.07, 6.45) is 1.57. The van der Waals surface area contributed by atoms with E-state index in [1.807, 2.05) is 0 Å². The van der Waals surface area contributed by atoms with Crippen molar-refractivity contribution in [1.29, 1.82) is 0 Å². The van der Waals surface area contributed by atoms with Crippen LogP contribution in [0.3, 0.4) is 0 Å². The van der Waals surface area contributed by atoms with E-state index in [1.54, 1.807) is 81.6 Å². The molecule has 0 saturated carbocycles. The van der Waals surface area contributed by atoms with Gasteiger partial charge in [-0.1, -0.05) is 30.3 Å². The summed E-state index contributed by atoms with van der Waals surface area (Å²) in [6.45, 7) is 3.14. The van der Waals surface area contributed by atoms with Crippen LogP contribution in [0.4, 0.5) is 0 Å². The first kappa shape index (κ1) is 20.2. The van der Waals surface area contributed by atoms with Crippen LogP contribution >= 0.6 is 0 Å². The lowest BCUT2D eigenvalue weighted by atomic mass is 10.1. The number of amides is 2. The highest BCUT2D eigenvalue weighted by Crippen LogP contribution is 2.14. The van der Waals surface area contributed by atoms with Gasteiger partial charge in [-0.05, 0) is 49.8 Å². The molecular weight excluding hydrogens is 344 g/mol. The van der Waals surface area contributed by atoms with Crippen LogP contribution in [0.15, 0.2) is 60.3 Å². The van der Waals surface area contributed by atoms with Gasteiger partial charge in [-0.25, -0.2) is 0 Å². The normalized spacial score (nSPS) is 11.6.